The highest BCUT2D eigenvalue weighted by atomic mass is 35.5. The molecule has 0 spiro atoms. The summed E-state index contributed by atoms with van der Waals surface area (Å²) >= 11 is 7.17. The number of methoxy groups -OCH3 is 2. The van der Waals surface area contributed by atoms with Crippen molar-refractivity contribution in [2.45, 2.75) is 93.4 Å². The number of hydrogen-bond donors (Lipinski definition) is 1. The van der Waals surface area contributed by atoms with Gasteiger partial charge < -0.3 is 28.7 Å². The van der Waals surface area contributed by atoms with E-state index in [0.29, 0.717) is 33.8 Å². The van der Waals surface area contributed by atoms with Crippen molar-refractivity contribution in [1.82, 2.24) is 9.55 Å². The Kier molecular flexibility index (Phi) is 15.9. The third-order valence-corrected chi connectivity index (χ3v) is 21.0. The SMILES string of the molecule is COc1ccc(C(Nc2nc(=O)n([C@@H]3O[C@](CCl)(CO[Si](C(C)C)(C(C)C)C(C)C)[C@@H](OC(c4ccccc4)(c4ccccc4)c4ccc(OC)cc4)[C@@H]3F)cc2F)(c2ccccc2)c2ccccc2)cc1. The van der Waals surface area contributed by atoms with Crippen molar-refractivity contribution < 1.29 is 32.2 Å². The van der Waals surface area contributed by atoms with Gasteiger partial charge in [0, 0.05) is 0 Å². The Morgan fingerprint density at radius 1 is 0.667 bits per heavy atom. The second-order valence-electron chi connectivity index (χ2n) is 19.4. The fourth-order valence-corrected chi connectivity index (χ4v) is 16.9. The van der Waals surface area contributed by atoms with Gasteiger partial charge in [-0.3, -0.25) is 4.57 Å². The topological polar surface area (TPSA) is 93.1 Å². The maximum absolute atomic E-state index is 18.6. The summed E-state index contributed by atoms with van der Waals surface area (Å²) in [5.41, 5.74) is -0.817. The minimum atomic E-state index is -2.70. The average molecular weight is 1010 g/mol. The van der Waals surface area contributed by atoms with Crippen LogP contribution in [-0.2, 0) is 25.0 Å². The molecule has 0 saturated carbocycles. The standard InChI is InChI=1S/C59H64ClF2N3O6Si/c1-40(2)72(41(3)4,42(5)6)69-39-57(38-60)53(70-59(46-25-17-11-18-26-46,47-27-19-12-20-28-47)48-31-35-50(68-8)36-32-48)52(62)55(71-57)65-37-51(61)54(63-56(65)66)64-58(43-21-13-9-14-22-43,44-23-15-10-16-24-44)45-29-33-49(67-7)34-30-45/h9-37,40-42,52-53,55H,38-39H2,1-8H3,(H,63,64,66)/t52-,53-,55+,57+/m0/s1. The normalized spacial score (nSPS) is 18.4. The summed E-state index contributed by atoms with van der Waals surface area (Å²) in [6.07, 6.45) is -4.46. The predicted molar refractivity (Wildman–Crippen MR) is 284 cm³/mol. The lowest BCUT2D eigenvalue weighted by molar-refractivity contribution is -0.152. The third-order valence-electron chi connectivity index (χ3n) is 14.5. The monoisotopic (exact) mass is 1010 g/mol. The molecule has 1 saturated heterocycles. The number of benzene rings is 6. The van der Waals surface area contributed by atoms with E-state index in [0.717, 1.165) is 21.9 Å². The molecule has 72 heavy (non-hydrogen) atoms. The van der Waals surface area contributed by atoms with E-state index in [1.807, 2.05) is 170 Å². The summed E-state index contributed by atoms with van der Waals surface area (Å²) in [7, 11) is 0.474. The van der Waals surface area contributed by atoms with E-state index in [-0.39, 0.29) is 34.9 Å². The summed E-state index contributed by atoms with van der Waals surface area (Å²) in [4.78, 5) is 19.2. The summed E-state index contributed by atoms with van der Waals surface area (Å²) in [6.45, 7) is 12.8. The van der Waals surface area contributed by atoms with E-state index in [4.69, 9.17) is 35.0 Å². The van der Waals surface area contributed by atoms with Gasteiger partial charge >= 0.3 is 5.69 Å². The molecule has 376 valence electrons. The van der Waals surface area contributed by atoms with Crippen LogP contribution in [0.15, 0.2) is 181 Å². The molecule has 7 aromatic rings. The van der Waals surface area contributed by atoms with Gasteiger partial charge in [0.05, 0.1) is 32.9 Å². The van der Waals surface area contributed by atoms with Gasteiger partial charge in [-0.1, -0.05) is 187 Å². The molecular weight excluding hydrogens is 948 g/mol. The highest BCUT2D eigenvalue weighted by Gasteiger charge is 2.62. The number of alkyl halides is 2. The van der Waals surface area contributed by atoms with Crippen molar-refractivity contribution in [2.24, 2.45) is 0 Å². The lowest BCUT2D eigenvalue weighted by atomic mass is 9.77. The molecule has 1 aliphatic heterocycles. The molecule has 4 atom stereocenters. The van der Waals surface area contributed by atoms with Gasteiger partial charge in [0.15, 0.2) is 32.4 Å². The molecule has 0 bridgehead atoms. The quantitative estimate of drug-likeness (QED) is 0.0459. The number of halogens is 3. The van der Waals surface area contributed by atoms with E-state index in [2.05, 4.69) is 51.8 Å². The molecule has 2 heterocycles. The Labute approximate surface area is 428 Å². The molecule has 1 aliphatic rings. The minimum absolute atomic E-state index is 0.146. The highest BCUT2D eigenvalue weighted by Crippen LogP contribution is 2.51. The third kappa shape index (κ3) is 9.51. The molecular formula is C59H64ClF2N3O6Si. The van der Waals surface area contributed by atoms with E-state index in [1.165, 1.54) is 0 Å². The van der Waals surface area contributed by atoms with Crippen molar-refractivity contribution in [2.75, 3.05) is 32.0 Å². The molecule has 8 rings (SSSR count). The number of anilines is 1. The predicted octanol–water partition coefficient (Wildman–Crippen LogP) is 13.2. The second-order valence-corrected chi connectivity index (χ2v) is 25.1. The fourth-order valence-electron chi connectivity index (χ4n) is 11.1. The van der Waals surface area contributed by atoms with Crippen LogP contribution in [0.3, 0.4) is 0 Å². The first-order chi connectivity index (χ1) is 34.7. The number of rotatable bonds is 20. The Hall–Kier alpha value is -6.15. The molecule has 1 fully saturated rings. The number of nitrogens with one attached hydrogen (secondary N) is 1. The van der Waals surface area contributed by atoms with Gasteiger partial charge in [-0.2, -0.15) is 4.98 Å². The van der Waals surface area contributed by atoms with E-state index < -0.39 is 55.1 Å². The number of hydrogen-bond acceptors (Lipinski definition) is 8. The zero-order valence-corrected chi connectivity index (χ0v) is 43.9. The van der Waals surface area contributed by atoms with Crippen molar-refractivity contribution >= 4 is 25.7 Å². The van der Waals surface area contributed by atoms with Gasteiger partial charge in [-0.05, 0) is 74.3 Å². The zero-order valence-electron chi connectivity index (χ0n) is 42.1. The largest absolute Gasteiger partial charge is 0.497 e. The molecule has 13 heteroatoms. The number of ether oxygens (including phenoxy) is 4. The fraction of sp³-hybridized carbons (Fsp3) is 0.322. The summed E-state index contributed by atoms with van der Waals surface area (Å²) in [6, 6.07) is 52.9. The van der Waals surface area contributed by atoms with Gasteiger partial charge in [0.1, 0.15) is 34.3 Å². The molecule has 0 unspecified atom stereocenters. The van der Waals surface area contributed by atoms with Crippen LogP contribution in [0.2, 0.25) is 16.6 Å². The minimum Gasteiger partial charge on any atom is -0.497 e. The molecule has 9 nitrogen and oxygen atoms in total. The lowest BCUT2D eigenvalue weighted by Gasteiger charge is -2.46. The average Bonchev–Trinajstić information content (AvgIpc) is 3.68. The maximum Gasteiger partial charge on any atom is 0.351 e. The first-order valence-electron chi connectivity index (χ1n) is 24.5. The lowest BCUT2D eigenvalue weighted by Crippen LogP contribution is -2.57. The Morgan fingerprint density at radius 2 is 1.07 bits per heavy atom. The van der Waals surface area contributed by atoms with Crippen LogP contribution in [0.25, 0.3) is 0 Å². The summed E-state index contributed by atoms with van der Waals surface area (Å²) in [5, 5.41) is 3.37. The molecule has 1 aromatic heterocycles. The van der Waals surface area contributed by atoms with Crippen LogP contribution in [0, 0.1) is 5.82 Å². The van der Waals surface area contributed by atoms with Crippen molar-refractivity contribution in [3.8, 4) is 11.5 Å². The first-order valence-corrected chi connectivity index (χ1v) is 27.2. The van der Waals surface area contributed by atoms with Crippen molar-refractivity contribution in [3.63, 3.8) is 0 Å². The van der Waals surface area contributed by atoms with Gasteiger partial charge in [0.2, 0.25) is 0 Å². The highest BCUT2D eigenvalue weighted by molar-refractivity contribution is 6.77. The Morgan fingerprint density at radius 3 is 1.49 bits per heavy atom. The first kappa shape index (κ1) is 52.2. The van der Waals surface area contributed by atoms with E-state index in [1.54, 1.807) is 14.2 Å². The smallest absolute Gasteiger partial charge is 0.351 e. The van der Waals surface area contributed by atoms with E-state index in [9.17, 15) is 4.79 Å². The molecule has 1 N–H and O–H groups in total. The van der Waals surface area contributed by atoms with E-state index >= 15 is 8.78 Å². The summed E-state index contributed by atoms with van der Waals surface area (Å²) < 4.78 is 69.6. The zero-order chi connectivity index (χ0) is 51.3. The number of nitrogens with zero attached hydrogens (tertiary/aromatic N) is 2. The van der Waals surface area contributed by atoms with Crippen LogP contribution in [0.1, 0.15) is 81.2 Å². The molecule has 6 aromatic carbocycles. The number of aromatic nitrogens is 2. The van der Waals surface area contributed by atoms with Crippen LogP contribution in [-0.4, -0.2) is 62.5 Å². The van der Waals surface area contributed by atoms with Gasteiger partial charge in [-0.25, -0.2) is 13.6 Å². The van der Waals surface area contributed by atoms with Crippen LogP contribution in [0.5, 0.6) is 11.5 Å². The van der Waals surface area contributed by atoms with Gasteiger partial charge in [-0.15, -0.1) is 11.6 Å². The Balaban J connectivity index is 1.30. The Bertz CT molecular complexity index is 2820. The van der Waals surface area contributed by atoms with Crippen LogP contribution >= 0.6 is 11.6 Å². The van der Waals surface area contributed by atoms with Gasteiger partial charge in [0.25, 0.3) is 0 Å². The van der Waals surface area contributed by atoms with Crippen LogP contribution < -0.4 is 20.5 Å². The summed E-state index contributed by atoms with van der Waals surface area (Å²) in [5.74, 6) is -0.361. The van der Waals surface area contributed by atoms with Crippen LogP contribution in [0.4, 0.5) is 14.6 Å². The molecule has 0 aliphatic carbocycles. The second kappa shape index (κ2) is 21.9. The molecule has 0 amide bonds. The van der Waals surface area contributed by atoms with Crippen molar-refractivity contribution in [1.29, 1.82) is 0 Å². The maximum atomic E-state index is 18.6. The molecule has 0 radical (unpaired) electrons. The van der Waals surface area contributed by atoms with Crippen molar-refractivity contribution in [3.05, 3.63) is 226 Å².